The Morgan fingerprint density at radius 3 is 2.94 bits per heavy atom. The zero-order valence-corrected chi connectivity index (χ0v) is 11.1. The quantitative estimate of drug-likeness (QED) is 0.947. The van der Waals surface area contributed by atoms with Crippen LogP contribution in [0.15, 0.2) is 28.9 Å². The zero-order chi connectivity index (χ0) is 11.5. The van der Waals surface area contributed by atoms with Crippen molar-refractivity contribution in [2.75, 3.05) is 12.8 Å². The van der Waals surface area contributed by atoms with Crippen LogP contribution in [0.25, 0.3) is 0 Å². The summed E-state index contributed by atoms with van der Waals surface area (Å²) in [6.07, 6.45) is 2.65. The van der Waals surface area contributed by atoms with Gasteiger partial charge in [0, 0.05) is 17.5 Å². The second-order valence-corrected chi connectivity index (χ2v) is 5.31. The molecule has 1 heterocycles. The van der Waals surface area contributed by atoms with Crippen LogP contribution in [0.2, 0.25) is 0 Å². The molecule has 0 spiro atoms. The molecule has 0 aliphatic heterocycles. The van der Waals surface area contributed by atoms with Gasteiger partial charge >= 0.3 is 0 Å². The third kappa shape index (κ3) is 2.54. The summed E-state index contributed by atoms with van der Waals surface area (Å²) in [6, 6.07) is 6.06. The molecule has 0 aliphatic rings. The van der Waals surface area contributed by atoms with E-state index in [-0.39, 0.29) is 0 Å². The van der Waals surface area contributed by atoms with Crippen molar-refractivity contribution in [3.05, 3.63) is 39.3 Å². The molecular formula is C11H11BrN2OS. The lowest BCUT2D eigenvalue weighted by Gasteiger charge is -2.05. The number of anilines is 1. The topological polar surface area (TPSA) is 48.1 Å². The fourth-order valence-corrected chi connectivity index (χ4v) is 2.55. The normalized spacial score (nSPS) is 10.4. The van der Waals surface area contributed by atoms with E-state index >= 15 is 0 Å². The van der Waals surface area contributed by atoms with Crippen molar-refractivity contribution in [3.63, 3.8) is 0 Å². The summed E-state index contributed by atoms with van der Waals surface area (Å²) in [5.74, 6) is 0.843. The number of nitrogen functional groups attached to an aromatic ring is 1. The SMILES string of the molecule is COc1cc(Cc2cnc(N)s2)ccc1Br. The number of methoxy groups -OCH3 is 1. The lowest BCUT2D eigenvalue weighted by Crippen LogP contribution is -1.89. The number of hydrogen-bond donors (Lipinski definition) is 1. The molecule has 0 saturated heterocycles. The summed E-state index contributed by atoms with van der Waals surface area (Å²) < 4.78 is 6.21. The average Bonchev–Trinajstić information content (AvgIpc) is 2.67. The highest BCUT2D eigenvalue weighted by Gasteiger charge is 2.04. The van der Waals surface area contributed by atoms with Crippen molar-refractivity contribution in [1.82, 2.24) is 4.98 Å². The Balaban J connectivity index is 2.21. The molecule has 0 bridgehead atoms. The Hall–Kier alpha value is -1.07. The van der Waals surface area contributed by atoms with Crippen molar-refractivity contribution in [2.24, 2.45) is 0 Å². The van der Waals surface area contributed by atoms with Gasteiger partial charge in [0.05, 0.1) is 11.6 Å². The van der Waals surface area contributed by atoms with E-state index in [9.17, 15) is 0 Å². The maximum absolute atomic E-state index is 5.59. The first-order valence-corrected chi connectivity index (χ1v) is 6.32. The molecule has 0 amide bonds. The number of ether oxygens (including phenoxy) is 1. The number of aromatic nitrogens is 1. The molecule has 0 aliphatic carbocycles. The van der Waals surface area contributed by atoms with Gasteiger partial charge in [-0.2, -0.15) is 0 Å². The molecule has 2 N–H and O–H groups in total. The highest BCUT2D eigenvalue weighted by molar-refractivity contribution is 9.10. The van der Waals surface area contributed by atoms with Gasteiger partial charge in [0.15, 0.2) is 5.13 Å². The predicted molar refractivity (Wildman–Crippen MR) is 70.0 cm³/mol. The van der Waals surface area contributed by atoms with Gasteiger partial charge in [-0.1, -0.05) is 6.07 Å². The van der Waals surface area contributed by atoms with E-state index in [1.807, 2.05) is 18.3 Å². The van der Waals surface area contributed by atoms with Gasteiger partial charge in [0.2, 0.25) is 0 Å². The first-order valence-electron chi connectivity index (χ1n) is 4.71. The summed E-state index contributed by atoms with van der Waals surface area (Å²) in [4.78, 5) is 5.18. The van der Waals surface area contributed by atoms with Crippen molar-refractivity contribution in [2.45, 2.75) is 6.42 Å². The lowest BCUT2D eigenvalue weighted by molar-refractivity contribution is 0.411. The van der Waals surface area contributed by atoms with Crippen LogP contribution in [0.5, 0.6) is 5.75 Å². The number of rotatable bonds is 3. The minimum absolute atomic E-state index is 0.610. The van der Waals surface area contributed by atoms with Crippen LogP contribution in [0.1, 0.15) is 10.4 Å². The Kier molecular flexibility index (Phi) is 3.46. The molecule has 0 unspecified atom stereocenters. The van der Waals surface area contributed by atoms with E-state index in [1.54, 1.807) is 7.11 Å². The summed E-state index contributed by atoms with van der Waals surface area (Å²) in [5, 5.41) is 0.610. The molecule has 1 aromatic carbocycles. The van der Waals surface area contributed by atoms with Crippen molar-refractivity contribution in [1.29, 1.82) is 0 Å². The zero-order valence-electron chi connectivity index (χ0n) is 8.74. The number of halogens is 1. The molecule has 5 heteroatoms. The highest BCUT2D eigenvalue weighted by atomic mass is 79.9. The molecule has 1 aromatic heterocycles. The second kappa shape index (κ2) is 4.84. The Morgan fingerprint density at radius 1 is 1.50 bits per heavy atom. The Labute approximate surface area is 106 Å². The van der Waals surface area contributed by atoms with Crippen LogP contribution in [0.4, 0.5) is 5.13 Å². The van der Waals surface area contributed by atoms with E-state index in [0.29, 0.717) is 5.13 Å². The molecule has 2 rings (SSSR count). The molecule has 2 aromatic rings. The monoisotopic (exact) mass is 298 g/mol. The van der Waals surface area contributed by atoms with Gasteiger partial charge in [-0.25, -0.2) is 4.98 Å². The molecule has 3 nitrogen and oxygen atoms in total. The lowest BCUT2D eigenvalue weighted by atomic mass is 10.1. The maximum atomic E-state index is 5.59. The van der Waals surface area contributed by atoms with Crippen LogP contribution in [0, 0.1) is 0 Å². The fraction of sp³-hybridized carbons (Fsp3) is 0.182. The number of thiazole rings is 1. The van der Waals surface area contributed by atoms with Gasteiger partial charge in [0.1, 0.15) is 5.75 Å². The third-order valence-electron chi connectivity index (χ3n) is 2.17. The smallest absolute Gasteiger partial charge is 0.180 e. The summed E-state index contributed by atoms with van der Waals surface area (Å²) in [6.45, 7) is 0. The van der Waals surface area contributed by atoms with Crippen LogP contribution in [0.3, 0.4) is 0 Å². The number of nitrogens with zero attached hydrogens (tertiary/aromatic N) is 1. The van der Waals surface area contributed by atoms with Gasteiger partial charge in [-0.3, -0.25) is 0 Å². The average molecular weight is 299 g/mol. The van der Waals surface area contributed by atoms with Crippen LogP contribution < -0.4 is 10.5 Å². The third-order valence-corrected chi connectivity index (χ3v) is 3.65. The van der Waals surface area contributed by atoms with Gasteiger partial charge < -0.3 is 10.5 Å². The van der Waals surface area contributed by atoms with Crippen molar-refractivity contribution in [3.8, 4) is 5.75 Å². The second-order valence-electron chi connectivity index (χ2n) is 3.31. The molecule has 0 fully saturated rings. The summed E-state index contributed by atoms with van der Waals surface area (Å²) in [7, 11) is 1.66. The summed E-state index contributed by atoms with van der Waals surface area (Å²) >= 11 is 4.94. The predicted octanol–water partition coefficient (Wildman–Crippen LogP) is 3.09. The van der Waals surface area contributed by atoms with E-state index in [4.69, 9.17) is 10.5 Å². The highest BCUT2D eigenvalue weighted by Crippen LogP contribution is 2.27. The van der Waals surface area contributed by atoms with Gasteiger partial charge in [-0.15, -0.1) is 11.3 Å². The molecule has 0 saturated carbocycles. The first-order chi connectivity index (χ1) is 7.69. The standard InChI is InChI=1S/C11H11BrN2OS/c1-15-10-5-7(2-3-9(10)12)4-8-6-14-11(13)16-8/h2-3,5-6H,4H2,1H3,(H2,13,14). The van der Waals surface area contributed by atoms with E-state index < -0.39 is 0 Å². The Bertz CT molecular complexity index is 498. The van der Waals surface area contributed by atoms with Crippen molar-refractivity contribution < 1.29 is 4.74 Å². The minimum atomic E-state index is 0.610. The molecular weight excluding hydrogens is 288 g/mol. The molecule has 16 heavy (non-hydrogen) atoms. The Morgan fingerprint density at radius 2 is 2.31 bits per heavy atom. The van der Waals surface area contributed by atoms with Crippen LogP contribution in [-0.2, 0) is 6.42 Å². The first kappa shape index (κ1) is 11.4. The largest absolute Gasteiger partial charge is 0.496 e. The van der Waals surface area contributed by atoms with Crippen molar-refractivity contribution >= 4 is 32.4 Å². The summed E-state index contributed by atoms with van der Waals surface area (Å²) in [5.41, 5.74) is 6.77. The maximum Gasteiger partial charge on any atom is 0.180 e. The fourth-order valence-electron chi connectivity index (χ4n) is 1.42. The van der Waals surface area contributed by atoms with Crippen LogP contribution in [-0.4, -0.2) is 12.1 Å². The van der Waals surface area contributed by atoms with E-state index in [1.165, 1.54) is 16.9 Å². The van der Waals surface area contributed by atoms with Crippen LogP contribution >= 0.6 is 27.3 Å². The molecule has 84 valence electrons. The number of nitrogens with two attached hydrogens (primary N) is 1. The number of benzene rings is 1. The van der Waals surface area contributed by atoms with Gasteiger partial charge in [0.25, 0.3) is 0 Å². The molecule has 0 atom stereocenters. The van der Waals surface area contributed by atoms with Gasteiger partial charge in [-0.05, 0) is 33.6 Å². The molecule has 0 radical (unpaired) electrons. The number of hydrogen-bond acceptors (Lipinski definition) is 4. The minimum Gasteiger partial charge on any atom is -0.496 e. The van der Waals surface area contributed by atoms with E-state index in [0.717, 1.165) is 21.5 Å². The van der Waals surface area contributed by atoms with E-state index in [2.05, 4.69) is 27.0 Å².